The number of carbonyl (C=O) groups is 1. The summed E-state index contributed by atoms with van der Waals surface area (Å²) in [6, 6.07) is 14.9. The summed E-state index contributed by atoms with van der Waals surface area (Å²) in [5, 5.41) is 0.518. The lowest BCUT2D eigenvalue weighted by molar-refractivity contribution is 0.0722. The largest absolute Gasteiger partial charge is 0.450 e. The smallest absolute Gasteiger partial charge is 0.290 e. The van der Waals surface area contributed by atoms with Gasteiger partial charge in [0, 0.05) is 6.54 Å². The Morgan fingerprint density at radius 1 is 1.03 bits per heavy atom. The van der Waals surface area contributed by atoms with E-state index in [9.17, 15) is 9.59 Å². The first-order chi connectivity index (χ1) is 14.0. The van der Waals surface area contributed by atoms with Crippen molar-refractivity contribution in [3.05, 3.63) is 81.2 Å². The number of hydrogen-bond acceptors (Lipinski definition) is 4. The Kier molecular flexibility index (Phi) is 5.24. The van der Waals surface area contributed by atoms with Crippen LogP contribution in [0, 0.1) is 0 Å². The molecule has 2 aromatic carbocycles. The van der Waals surface area contributed by atoms with E-state index in [2.05, 4.69) is 24.0 Å². The van der Waals surface area contributed by atoms with Crippen LogP contribution in [0.25, 0.3) is 11.0 Å². The average molecular weight is 390 g/mol. The molecule has 0 N–H and O–H groups in total. The second-order valence-corrected chi connectivity index (χ2v) is 7.82. The van der Waals surface area contributed by atoms with Crippen LogP contribution in [0.1, 0.15) is 46.6 Å². The molecule has 1 aliphatic rings. The molecule has 5 nitrogen and oxygen atoms in total. The van der Waals surface area contributed by atoms with E-state index >= 15 is 0 Å². The second-order valence-electron chi connectivity index (χ2n) is 7.82. The maximum atomic E-state index is 13.4. The van der Waals surface area contributed by atoms with Crippen LogP contribution in [-0.4, -0.2) is 42.9 Å². The third kappa shape index (κ3) is 3.47. The van der Waals surface area contributed by atoms with Crippen LogP contribution in [0.3, 0.4) is 0 Å². The highest BCUT2D eigenvalue weighted by atomic mass is 16.3. The molecule has 0 fully saturated rings. The standard InChI is InChI=1S/C24H26N2O3/c1-4-16-10-12-17(13-11-16)21-20-22(27)18-8-5-6-9-19(18)29-23(20)24(28)26(21)15-7-14-25(2)3/h5-6,8-13,21H,4,7,14-15H2,1-3H3. The topological polar surface area (TPSA) is 53.8 Å². The van der Waals surface area contributed by atoms with Crippen molar-refractivity contribution in [2.75, 3.05) is 27.2 Å². The molecule has 29 heavy (non-hydrogen) atoms. The van der Waals surface area contributed by atoms with Crippen molar-refractivity contribution in [2.45, 2.75) is 25.8 Å². The van der Waals surface area contributed by atoms with Crippen LogP contribution in [0.2, 0.25) is 0 Å². The molecule has 1 amide bonds. The Morgan fingerprint density at radius 3 is 2.45 bits per heavy atom. The summed E-state index contributed by atoms with van der Waals surface area (Å²) in [6.45, 7) is 3.54. The van der Waals surface area contributed by atoms with E-state index in [-0.39, 0.29) is 17.1 Å². The van der Waals surface area contributed by atoms with Gasteiger partial charge in [-0.1, -0.05) is 43.3 Å². The summed E-state index contributed by atoms with van der Waals surface area (Å²) >= 11 is 0. The highest BCUT2D eigenvalue weighted by molar-refractivity contribution is 5.99. The zero-order valence-electron chi connectivity index (χ0n) is 17.1. The van der Waals surface area contributed by atoms with E-state index < -0.39 is 6.04 Å². The molecule has 0 aliphatic carbocycles. The molecular weight excluding hydrogens is 364 g/mol. The van der Waals surface area contributed by atoms with Crippen molar-refractivity contribution in [1.29, 1.82) is 0 Å². The number of hydrogen-bond donors (Lipinski definition) is 0. The summed E-state index contributed by atoms with van der Waals surface area (Å²) < 4.78 is 5.95. The zero-order chi connectivity index (χ0) is 20.5. The quantitative estimate of drug-likeness (QED) is 0.642. The SMILES string of the molecule is CCc1ccc(C2c3c(oc4ccccc4c3=O)C(=O)N2CCCN(C)C)cc1. The van der Waals surface area contributed by atoms with E-state index in [0.717, 1.165) is 24.9 Å². The summed E-state index contributed by atoms with van der Waals surface area (Å²) in [5.41, 5.74) is 2.97. The van der Waals surface area contributed by atoms with Gasteiger partial charge < -0.3 is 14.2 Å². The van der Waals surface area contributed by atoms with Crippen LogP contribution in [0.4, 0.5) is 0 Å². The van der Waals surface area contributed by atoms with Crippen molar-refractivity contribution in [2.24, 2.45) is 0 Å². The Morgan fingerprint density at radius 2 is 1.76 bits per heavy atom. The lowest BCUT2D eigenvalue weighted by atomic mass is 9.97. The number of rotatable bonds is 6. The zero-order valence-corrected chi connectivity index (χ0v) is 17.1. The average Bonchev–Trinajstić information content (AvgIpc) is 3.00. The fraction of sp³-hybridized carbons (Fsp3) is 0.333. The molecule has 150 valence electrons. The van der Waals surface area contributed by atoms with Gasteiger partial charge in [0.1, 0.15) is 5.58 Å². The van der Waals surface area contributed by atoms with Crippen molar-refractivity contribution >= 4 is 16.9 Å². The molecule has 1 aromatic heterocycles. The Hall–Kier alpha value is -2.92. The van der Waals surface area contributed by atoms with Gasteiger partial charge in [0.05, 0.1) is 17.0 Å². The number of amides is 1. The molecule has 0 bridgehead atoms. The fourth-order valence-electron chi connectivity index (χ4n) is 4.04. The first-order valence-corrected chi connectivity index (χ1v) is 10.1. The molecule has 0 radical (unpaired) electrons. The van der Waals surface area contributed by atoms with Gasteiger partial charge in [0.25, 0.3) is 5.91 Å². The fourth-order valence-corrected chi connectivity index (χ4v) is 4.04. The Bertz CT molecular complexity index is 1100. The van der Waals surface area contributed by atoms with Crippen LogP contribution >= 0.6 is 0 Å². The highest BCUT2D eigenvalue weighted by Crippen LogP contribution is 2.38. The molecule has 1 unspecified atom stereocenters. The minimum absolute atomic E-state index is 0.116. The van der Waals surface area contributed by atoms with E-state index in [1.165, 1.54) is 5.56 Å². The van der Waals surface area contributed by atoms with Gasteiger partial charge in [-0.05, 0) is 56.7 Å². The number of carbonyl (C=O) groups excluding carboxylic acids is 1. The summed E-state index contributed by atoms with van der Waals surface area (Å²) in [4.78, 5) is 30.5. The van der Waals surface area contributed by atoms with Gasteiger partial charge in [-0.2, -0.15) is 0 Å². The normalized spacial score (nSPS) is 16.1. The first kappa shape index (κ1) is 19.4. The maximum absolute atomic E-state index is 13.4. The van der Waals surface area contributed by atoms with Gasteiger partial charge in [-0.25, -0.2) is 0 Å². The van der Waals surface area contributed by atoms with E-state index in [1.54, 1.807) is 17.0 Å². The summed E-state index contributed by atoms with van der Waals surface area (Å²) in [5.74, 6) is -0.0192. The molecular formula is C24H26N2O3. The lowest BCUT2D eigenvalue weighted by Gasteiger charge is -2.26. The third-order valence-corrected chi connectivity index (χ3v) is 5.58. The molecule has 3 aromatic rings. The highest BCUT2D eigenvalue weighted by Gasteiger charge is 2.42. The predicted octanol–water partition coefficient (Wildman–Crippen LogP) is 3.85. The Labute approximate surface area is 170 Å². The van der Waals surface area contributed by atoms with Crippen LogP contribution in [0.5, 0.6) is 0 Å². The summed E-state index contributed by atoms with van der Waals surface area (Å²) in [7, 11) is 4.03. The lowest BCUT2D eigenvalue weighted by Crippen LogP contribution is -2.32. The van der Waals surface area contributed by atoms with Gasteiger partial charge in [-0.15, -0.1) is 0 Å². The summed E-state index contributed by atoms with van der Waals surface area (Å²) in [6.07, 6.45) is 1.77. The molecule has 4 rings (SSSR count). The van der Waals surface area contributed by atoms with Crippen molar-refractivity contribution in [1.82, 2.24) is 9.80 Å². The predicted molar refractivity (Wildman–Crippen MR) is 114 cm³/mol. The van der Waals surface area contributed by atoms with Crippen LogP contribution < -0.4 is 5.43 Å². The first-order valence-electron chi connectivity index (χ1n) is 10.1. The van der Waals surface area contributed by atoms with E-state index in [4.69, 9.17) is 4.42 Å². The monoisotopic (exact) mass is 390 g/mol. The van der Waals surface area contributed by atoms with Gasteiger partial charge in [0.2, 0.25) is 5.76 Å². The minimum atomic E-state index is -0.411. The molecule has 0 saturated heterocycles. The Balaban J connectivity index is 1.85. The number of benzene rings is 2. The van der Waals surface area contributed by atoms with Gasteiger partial charge >= 0.3 is 0 Å². The van der Waals surface area contributed by atoms with Crippen molar-refractivity contribution in [3.63, 3.8) is 0 Å². The third-order valence-electron chi connectivity index (χ3n) is 5.58. The van der Waals surface area contributed by atoms with Crippen molar-refractivity contribution < 1.29 is 9.21 Å². The van der Waals surface area contributed by atoms with Crippen LogP contribution in [0.15, 0.2) is 57.7 Å². The number of para-hydroxylation sites is 1. The van der Waals surface area contributed by atoms with Crippen LogP contribution in [-0.2, 0) is 6.42 Å². The van der Waals surface area contributed by atoms with E-state index in [0.29, 0.717) is 23.1 Å². The minimum Gasteiger partial charge on any atom is -0.450 e. The van der Waals surface area contributed by atoms with Crippen molar-refractivity contribution in [3.8, 4) is 0 Å². The number of fused-ring (bicyclic) bond motifs is 2. The number of nitrogens with zero attached hydrogens (tertiary/aromatic N) is 2. The maximum Gasteiger partial charge on any atom is 0.290 e. The molecule has 0 saturated carbocycles. The molecule has 5 heteroatoms. The molecule has 0 spiro atoms. The molecule has 1 atom stereocenters. The van der Waals surface area contributed by atoms with Gasteiger partial charge in [0.15, 0.2) is 5.43 Å². The number of aryl methyl sites for hydroxylation is 1. The van der Waals surface area contributed by atoms with E-state index in [1.807, 2.05) is 38.4 Å². The molecule has 1 aliphatic heterocycles. The second kappa shape index (κ2) is 7.84. The van der Waals surface area contributed by atoms with Gasteiger partial charge in [-0.3, -0.25) is 9.59 Å². The molecule has 2 heterocycles.